The van der Waals surface area contributed by atoms with E-state index in [2.05, 4.69) is 53.3 Å². The number of benzene rings is 1. The van der Waals surface area contributed by atoms with Gasteiger partial charge >= 0.3 is 0 Å². The number of halogens is 1. The summed E-state index contributed by atoms with van der Waals surface area (Å²) in [5.41, 5.74) is 5.64. The van der Waals surface area contributed by atoms with Gasteiger partial charge in [-0.3, -0.25) is 4.79 Å². The van der Waals surface area contributed by atoms with Crippen LogP contribution in [0.1, 0.15) is 44.0 Å². The number of allylic oxidation sites excluding steroid dienone is 4. The number of rotatable bonds is 6. The van der Waals surface area contributed by atoms with Crippen LogP contribution < -0.4 is 5.43 Å². The van der Waals surface area contributed by atoms with Crippen molar-refractivity contribution in [3.63, 3.8) is 0 Å². The van der Waals surface area contributed by atoms with Gasteiger partial charge in [0, 0.05) is 16.3 Å². The Morgan fingerprint density at radius 1 is 1.33 bits per heavy atom. The Morgan fingerprint density at radius 3 is 2.76 bits per heavy atom. The molecule has 112 valence electrons. The van der Waals surface area contributed by atoms with Crippen LogP contribution in [-0.4, -0.2) is 12.1 Å². The van der Waals surface area contributed by atoms with E-state index in [-0.39, 0.29) is 5.91 Å². The topological polar surface area (TPSA) is 41.5 Å². The zero-order chi connectivity index (χ0) is 15.7. The van der Waals surface area contributed by atoms with Gasteiger partial charge in [0.25, 0.3) is 5.91 Å². The number of carbonyl (C=O) groups excluding carboxylic acids is 1. The molecule has 0 aromatic heterocycles. The normalized spacial score (nSPS) is 11.5. The highest BCUT2D eigenvalue weighted by Gasteiger charge is 2.03. The minimum atomic E-state index is -0.219. The third-order valence-corrected chi connectivity index (χ3v) is 3.27. The van der Waals surface area contributed by atoms with Gasteiger partial charge in [-0.05, 0) is 57.9 Å². The minimum absolute atomic E-state index is 0.219. The first-order valence-corrected chi connectivity index (χ1v) is 7.66. The zero-order valence-electron chi connectivity index (χ0n) is 12.7. The third kappa shape index (κ3) is 7.61. The van der Waals surface area contributed by atoms with Crippen LogP contribution in [0.15, 0.2) is 57.1 Å². The Kier molecular flexibility index (Phi) is 7.69. The molecular weight excluding hydrogens is 328 g/mol. The highest BCUT2D eigenvalue weighted by Crippen LogP contribution is 2.11. The fourth-order valence-corrected chi connectivity index (χ4v) is 2.03. The van der Waals surface area contributed by atoms with E-state index in [0.717, 1.165) is 17.3 Å². The van der Waals surface area contributed by atoms with Crippen LogP contribution in [0.4, 0.5) is 0 Å². The molecule has 0 aliphatic heterocycles. The highest BCUT2D eigenvalue weighted by atomic mass is 79.9. The fraction of sp³-hybridized carbons (Fsp3) is 0.294. The smallest absolute Gasteiger partial charge is 0.267 e. The Morgan fingerprint density at radius 2 is 2.10 bits per heavy atom. The lowest BCUT2D eigenvalue weighted by atomic mass is 10.1. The summed E-state index contributed by atoms with van der Waals surface area (Å²) < 4.78 is 0.870. The minimum Gasteiger partial charge on any atom is -0.267 e. The molecule has 1 aromatic rings. The van der Waals surface area contributed by atoms with Crippen LogP contribution in [0.5, 0.6) is 0 Å². The number of hydrogen-bond donors (Lipinski definition) is 1. The molecule has 1 N–H and O–H groups in total. The summed E-state index contributed by atoms with van der Waals surface area (Å²) in [6, 6.07) is 7.19. The maximum absolute atomic E-state index is 11.8. The van der Waals surface area contributed by atoms with E-state index in [0.29, 0.717) is 5.56 Å². The van der Waals surface area contributed by atoms with Crippen LogP contribution in [0.2, 0.25) is 0 Å². The summed E-state index contributed by atoms with van der Waals surface area (Å²) in [7, 11) is 0. The predicted octanol–water partition coefficient (Wildman–Crippen LogP) is 4.86. The fourth-order valence-electron chi connectivity index (χ4n) is 1.63. The second-order valence-electron chi connectivity index (χ2n) is 5.06. The van der Waals surface area contributed by atoms with E-state index >= 15 is 0 Å². The molecule has 0 aliphatic carbocycles. The Bertz CT molecular complexity index is 570. The molecule has 0 atom stereocenters. The summed E-state index contributed by atoms with van der Waals surface area (Å²) in [6.07, 6.45) is 7.77. The van der Waals surface area contributed by atoms with Gasteiger partial charge in [-0.25, -0.2) is 5.43 Å². The summed E-state index contributed by atoms with van der Waals surface area (Å²) in [5, 5.41) is 3.93. The first-order valence-electron chi connectivity index (χ1n) is 6.87. The van der Waals surface area contributed by atoms with Crippen molar-refractivity contribution in [3.8, 4) is 0 Å². The average molecular weight is 349 g/mol. The van der Waals surface area contributed by atoms with Crippen LogP contribution >= 0.6 is 15.9 Å². The van der Waals surface area contributed by atoms with Gasteiger partial charge in [-0.1, -0.05) is 39.2 Å². The van der Waals surface area contributed by atoms with Crippen LogP contribution in [-0.2, 0) is 0 Å². The summed E-state index contributed by atoms with van der Waals surface area (Å²) in [5.74, 6) is -0.219. The van der Waals surface area contributed by atoms with Crippen molar-refractivity contribution in [1.82, 2.24) is 5.43 Å². The Labute approximate surface area is 135 Å². The molecule has 0 saturated carbocycles. The van der Waals surface area contributed by atoms with E-state index in [4.69, 9.17) is 0 Å². The van der Waals surface area contributed by atoms with Gasteiger partial charge in [-0.2, -0.15) is 5.10 Å². The van der Waals surface area contributed by atoms with Crippen molar-refractivity contribution in [3.05, 3.63) is 57.6 Å². The number of hydrogen-bond acceptors (Lipinski definition) is 2. The SMILES string of the molecule is CC(C)=CCC/C(C)=C/C=N\NC(=O)c1cccc(Br)c1. The lowest BCUT2D eigenvalue weighted by Gasteiger charge is -2.00. The van der Waals surface area contributed by atoms with Gasteiger partial charge in [0.2, 0.25) is 0 Å². The van der Waals surface area contributed by atoms with Crippen molar-refractivity contribution >= 4 is 28.1 Å². The van der Waals surface area contributed by atoms with E-state index < -0.39 is 0 Å². The maximum atomic E-state index is 11.8. The molecule has 0 aliphatic rings. The molecule has 0 saturated heterocycles. The standard InChI is InChI=1S/C17H21BrN2O/c1-13(2)6-4-7-14(3)10-11-19-20-17(21)15-8-5-9-16(18)12-15/h5-6,8-12H,4,7H2,1-3H3,(H,20,21)/b14-10+,19-11-. The van der Waals surface area contributed by atoms with E-state index in [1.165, 1.54) is 11.1 Å². The third-order valence-electron chi connectivity index (χ3n) is 2.78. The summed E-state index contributed by atoms with van der Waals surface area (Å²) >= 11 is 3.33. The van der Waals surface area contributed by atoms with Crippen LogP contribution in [0, 0.1) is 0 Å². The second kappa shape index (κ2) is 9.29. The predicted molar refractivity (Wildman–Crippen MR) is 92.5 cm³/mol. The van der Waals surface area contributed by atoms with Crippen LogP contribution in [0.3, 0.4) is 0 Å². The van der Waals surface area contributed by atoms with Crippen molar-refractivity contribution in [2.75, 3.05) is 0 Å². The largest absolute Gasteiger partial charge is 0.271 e. The lowest BCUT2D eigenvalue weighted by molar-refractivity contribution is 0.0955. The molecule has 1 amide bonds. The van der Waals surface area contributed by atoms with E-state index in [1.54, 1.807) is 18.3 Å². The number of amides is 1. The number of hydrazone groups is 1. The lowest BCUT2D eigenvalue weighted by Crippen LogP contribution is -2.17. The summed E-state index contributed by atoms with van der Waals surface area (Å²) in [4.78, 5) is 11.8. The number of nitrogens with one attached hydrogen (secondary N) is 1. The van der Waals surface area contributed by atoms with Crippen LogP contribution in [0.25, 0.3) is 0 Å². The molecule has 0 spiro atoms. The van der Waals surface area contributed by atoms with Gasteiger partial charge in [0.05, 0.1) is 0 Å². The first-order chi connectivity index (χ1) is 9.99. The molecular formula is C17H21BrN2O. The molecule has 1 rings (SSSR count). The van der Waals surface area contributed by atoms with Crippen molar-refractivity contribution in [1.29, 1.82) is 0 Å². The second-order valence-corrected chi connectivity index (χ2v) is 5.98. The number of carbonyl (C=O) groups is 1. The molecule has 0 unspecified atom stereocenters. The molecule has 0 bridgehead atoms. The molecule has 0 fully saturated rings. The van der Waals surface area contributed by atoms with E-state index in [1.807, 2.05) is 18.2 Å². The van der Waals surface area contributed by atoms with Crippen molar-refractivity contribution < 1.29 is 4.79 Å². The van der Waals surface area contributed by atoms with E-state index in [9.17, 15) is 4.79 Å². The zero-order valence-corrected chi connectivity index (χ0v) is 14.3. The Balaban J connectivity index is 2.43. The monoisotopic (exact) mass is 348 g/mol. The molecule has 21 heavy (non-hydrogen) atoms. The van der Waals surface area contributed by atoms with Gasteiger partial charge in [0.15, 0.2) is 0 Å². The maximum Gasteiger partial charge on any atom is 0.271 e. The molecule has 4 heteroatoms. The average Bonchev–Trinajstić information content (AvgIpc) is 2.43. The van der Waals surface area contributed by atoms with Gasteiger partial charge in [0.1, 0.15) is 0 Å². The Hall–Kier alpha value is -1.68. The molecule has 3 nitrogen and oxygen atoms in total. The van der Waals surface area contributed by atoms with Crippen molar-refractivity contribution in [2.24, 2.45) is 5.10 Å². The molecule has 1 aromatic carbocycles. The summed E-state index contributed by atoms with van der Waals surface area (Å²) in [6.45, 7) is 6.25. The van der Waals surface area contributed by atoms with Gasteiger partial charge in [-0.15, -0.1) is 0 Å². The highest BCUT2D eigenvalue weighted by molar-refractivity contribution is 9.10. The van der Waals surface area contributed by atoms with Gasteiger partial charge < -0.3 is 0 Å². The van der Waals surface area contributed by atoms with Crippen molar-refractivity contribution in [2.45, 2.75) is 33.6 Å². The number of nitrogens with zero attached hydrogens (tertiary/aromatic N) is 1. The molecule has 0 heterocycles. The quantitative estimate of drug-likeness (QED) is 0.445. The first kappa shape index (κ1) is 17.4. The molecule has 0 radical (unpaired) electrons.